The topological polar surface area (TPSA) is 59.8 Å². The summed E-state index contributed by atoms with van der Waals surface area (Å²) in [5, 5.41) is 2.41. The number of aromatic nitrogens is 3. The van der Waals surface area contributed by atoms with Crippen LogP contribution in [0.15, 0.2) is 39.9 Å². The highest BCUT2D eigenvalue weighted by atomic mass is 16.2. The van der Waals surface area contributed by atoms with Crippen LogP contribution in [0.25, 0.3) is 0 Å². The Morgan fingerprint density at radius 3 is 2.40 bits per heavy atom. The highest BCUT2D eigenvalue weighted by molar-refractivity contribution is 5.14. The summed E-state index contributed by atoms with van der Waals surface area (Å²) in [5.74, 6) is 0. The zero-order valence-electron chi connectivity index (χ0n) is 8.30. The van der Waals surface area contributed by atoms with Crippen LogP contribution in [0.4, 0.5) is 0 Å². The first kappa shape index (κ1) is 9.51. The molecule has 0 spiro atoms. The Balaban J connectivity index is 2.41. The fourth-order valence-corrected chi connectivity index (χ4v) is 1.43. The van der Waals surface area contributed by atoms with E-state index >= 15 is 0 Å². The Labute approximate surface area is 85.6 Å². The smallest absolute Gasteiger partial charge is 0.246 e. The van der Waals surface area contributed by atoms with Crippen molar-refractivity contribution in [3.05, 3.63) is 56.9 Å². The van der Waals surface area contributed by atoms with E-state index in [0.29, 0.717) is 6.54 Å². The summed E-state index contributed by atoms with van der Waals surface area (Å²) in [4.78, 5) is 22.8. The SMILES string of the molecule is Cn1[nH]c(=O)n(Cc2ccccc2)c1=O. The largest absolute Gasteiger partial charge is 0.346 e. The maximum atomic E-state index is 11.5. The number of aryl methyl sites for hydroxylation is 1. The average Bonchev–Trinajstić information content (AvgIpc) is 2.47. The molecule has 78 valence electrons. The van der Waals surface area contributed by atoms with E-state index < -0.39 is 0 Å². The Bertz CT molecular complexity index is 562. The molecule has 0 unspecified atom stereocenters. The number of rotatable bonds is 2. The minimum Gasteiger partial charge on any atom is -0.246 e. The van der Waals surface area contributed by atoms with Gasteiger partial charge in [0.15, 0.2) is 0 Å². The molecule has 1 aromatic carbocycles. The predicted octanol–water partition coefficient (Wildman–Crippen LogP) is -0.0766. The molecule has 15 heavy (non-hydrogen) atoms. The van der Waals surface area contributed by atoms with Crippen LogP contribution in [0.2, 0.25) is 0 Å². The highest BCUT2D eigenvalue weighted by Crippen LogP contribution is 1.98. The van der Waals surface area contributed by atoms with Crippen LogP contribution in [-0.2, 0) is 13.6 Å². The lowest BCUT2D eigenvalue weighted by molar-refractivity contribution is 0.689. The summed E-state index contributed by atoms with van der Waals surface area (Å²) in [7, 11) is 1.52. The van der Waals surface area contributed by atoms with Gasteiger partial charge in [0, 0.05) is 7.05 Å². The Morgan fingerprint density at radius 2 is 1.87 bits per heavy atom. The van der Waals surface area contributed by atoms with Crippen molar-refractivity contribution in [3.8, 4) is 0 Å². The molecule has 1 N–H and O–H groups in total. The van der Waals surface area contributed by atoms with Crippen LogP contribution in [0.1, 0.15) is 5.56 Å². The molecule has 5 nitrogen and oxygen atoms in total. The van der Waals surface area contributed by atoms with Crippen LogP contribution in [0.3, 0.4) is 0 Å². The van der Waals surface area contributed by atoms with E-state index in [1.165, 1.54) is 11.7 Å². The lowest BCUT2D eigenvalue weighted by Crippen LogP contribution is -2.28. The van der Waals surface area contributed by atoms with E-state index in [2.05, 4.69) is 5.10 Å². The molecule has 0 fully saturated rings. The third kappa shape index (κ3) is 1.76. The van der Waals surface area contributed by atoms with Gasteiger partial charge in [0.25, 0.3) is 0 Å². The lowest BCUT2D eigenvalue weighted by atomic mass is 10.2. The van der Waals surface area contributed by atoms with E-state index in [9.17, 15) is 9.59 Å². The molecular formula is C10H11N3O2. The molecule has 0 bridgehead atoms. The number of hydrogen-bond acceptors (Lipinski definition) is 2. The molecule has 1 aromatic heterocycles. The summed E-state index contributed by atoms with van der Waals surface area (Å²) in [6, 6.07) is 9.38. The van der Waals surface area contributed by atoms with Gasteiger partial charge in [-0.05, 0) is 5.56 Å². The van der Waals surface area contributed by atoms with Crippen LogP contribution >= 0.6 is 0 Å². The van der Waals surface area contributed by atoms with Gasteiger partial charge < -0.3 is 0 Å². The van der Waals surface area contributed by atoms with Gasteiger partial charge in [-0.25, -0.2) is 23.9 Å². The molecular weight excluding hydrogens is 194 g/mol. The number of H-pyrrole nitrogens is 1. The van der Waals surface area contributed by atoms with Crippen molar-refractivity contribution in [1.82, 2.24) is 14.3 Å². The second-order valence-electron chi connectivity index (χ2n) is 3.33. The molecule has 0 saturated heterocycles. The number of aromatic amines is 1. The van der Waals surface area contributed by atoms with Gasteiger partial charge >= 0.3 is 11.4 Å². The van der Waals surface area contributed by atoms with Gasteiger partial charge in [-0.3, -0.25) is 0 Å². The Hall–Kier alpha value is -2.04. The predicted molar refractivity (Wildman–Crippen MR) is 55.8 cm³/mol. The minimum atomic E-state index is -0.383. The number of hydrogen-bond donors (Lipinski definition) is 1. The van der Waals surface area contributed by atoms with Gasteiger partial charge in [-0.15, -0.1) is 0 Å². The quantitative estimate of drug-likeness (QED) is 0.745. The lowest BCUT2D eigenvalue weighted by Gasteiger charge is -1.98. The number of nitrogens with zero attached hydrogens (tertiary/aromatic N) is 2. The van der Waals surface area contributed by atoms with Crippen molar-refractivity contribution in [3.63, 3.8) is 0 Å². The molecule has 5 heteroatoms. The highest BCUT2D eigenvalue weighted by Gasteiger charge is 2.05. The van der Waals surface area contributed by atoms with Crippen molar-refractivity contribution in [2.75, 3.05) is 0 Å². The van der Waals surface area contributed by atoms with E-state index in [-0.39, 0.29) is 11.4 Å². The molecule has 0 atom stereocenters. The van der Waals surface area contributed by atoms with Crippen LogP contribution in [0.5, 0.6) is 0 Å². The summed E-state index contributed by atoms with van der Waals surface area (Å²) >= 11 is 0. The second kappa shape index (κ2) is 3.61. The Morgan fingerprint density at radius 1 is 1.20 bits per heavy atom. The maximum absolute atomic E-state index is 11.5. The summed E-state index contributed by atoms with van der Waals surface area (Å²) in [6.45, 7) is 0.301. The fraction of sp³-hybridized carbons (Fsp3) is 0.200. The summed E-state index contributed by atoms with van der Waals surface area (Å²) in [6.07, 6.45) is 0. The van der Waals surface area contributed by atoms with E-state index in [1.807, 2.05) is 30.3 Å². The second-order valence-corrected chi connectivity index (χ2v) is 3.33. The van der Waals surface area contributed by atoms with Crippen molar-refractivity contribution in [2.24, 2.45) is 7.05 Å². The van der Waals surface area contributed by atoms with Crippen LogP contribution in [0, 0.1) is 0 Å². The van der Waals surface area contributed by atoms with E-state index in [4.69, 9.17) is 0 Å². The monoisotopic (exact) mass is 205 g/mol. The molecule has 0 aliphatic carbocycles. The number of benzene rings is 1. The zero-order chi connectivity index (χ0) is 10.8. The van der Waals surface area contributed by atoms with Crippen LogP contribution < -0.4 is 11.4 Å². The molecule has 0 saturated carbocycles. The maximum Gasteiger partial charge on any atom is 0.346 e. The molecule has 2 rings (SSSR count). The minimum absolute atomic E-state index is 0.301. The van der Waals surface area contributed by atoms with Crippen molar-refractivity contribution >= 4 is 0 Å². The van der Waals surface area contributed by atoms with Gasteiger partial charge in [0.1, 0.15) is 0 Å². The van der Waals surface area contributed by atoms with Gasteiger partial charge in [-0.2, -0.15) is 0 Å². The average molecular weight is 205 g/mol. The first-order valence-corrected chi connectivity index (χ1v) is 4.58. The fourth-order valence-electron chi connectivity index (χ4n) is 1.43. The number of nitrogens with one attached hydrogen (secondary N) is 1. The van der Waals surface area contributed by atoms with E-state index in [1.54, 1.807) is 0 Å². The molecule has 0 amide bonds. The Kier molecular flexibility index (Phi) is 2.29. The molecule has 1 heterocycles. The zero-order valence-corrected chi connectivity index (χ0v) is 8.30. The van der Waals surface area contributed by atoms with Crippen molar-refractivity contribution in [1.29, 1.82) is 0 Å². The first-order valence-electron chi connectivity index (χ1n) is 4.58. The first-order chi connectivity index (χ1) is 7.18. The molecule has 0 radical (unpaired) electrons. The normalized spacial score (nSPS) is 10.5. The molecule has 0 aliphatic heterocycles. The van der Waals surface area contributed by atoms with Crippen molar-refractivity contribution < 1.29 is 0 Å². The summed E-state index contributed by atoms with van der Waals surface area (Å²) < 4.78 is 2.33. The third-order valence-electron chi connectivity index (χ3n) is 2.21. The van der Waals surface area contributed by atoms with Gasteiger partial charge in [0.05, 0.1) is 6.54 Å². The third-order valence-corrected chi connectivity index (χ3v) is 2.21. The van der Waals surface area contributed by atoms with E-state index in [0.717, 1.165) is 10.1 Å². The molecule has 0 aliphatic rings. The van der Waals surface area contributed by atoms with Gasteiger partial charge in [0.2, 0.25) is 0 Å². The van der Waals surface area contributed by atoms with Crippen LogP contribution in [-0.4, -0.2) is 14.3 Å². The molecule has 2 aromatic rings. The summed E-state index contributed by atoms with van der Waals surface area (Å²) in [5.41, 5.74) is 0.214. The standard InChI is InChI=1S/C10H11N3O2/c1-12-10(15)13(9(14)11-12)7-8-5-3-2-4-6-8/h2-6H,7H2,1H3,(H,11,14). The van der Waals surface area contributed by atoms with Crippen molar-refractivity contribution in [2.45, 2.75) is 6.54 Å². The van der Waals surface area contributed by atoms with Gasteiger partial charge in [-0.1, -0.05) is 30.3 Å².